The molecule has 0 aromatic carbocycles. The molecule has 3 heterocycles. The number of nitrogen functional groups attached to an aromatic ring is 1. The van der Waals surface area contributed by atoms with Crippen molar-refractivity contribution in [2.45, 2.75) is 26.3 Å². The van der Waals surface area contributed by atoms with Gasteiger partial charge in [-0.05, 0) is 20.3 Å². The van der Waals surface area contributed by atoms with Gasteiger partial charge < -0.3 is 20.7 Å². The number of nitrogens with zero attached hydrogens (tertiary/aromatic N) is 5. The van der Waals surface area contributed by atoms with Gasteiger partial charge in [-0.25, -0.2) is 4.98 Å². The van der Waals surface area contributed by atoms with Crippen LogP contribution in [0.15, 0.2) is 18.0 Å². The van der Waals surface area contributed by atoms with E-state index in [1.807, 2.05) is 0 Å². The first kappa shape index (κ1) is 16.7. The first-order valence-electron chi connectivity index (χ1n) is 8.28. The molecule has 0 amide bonds. The minimum atomic E-state index is 0.176. The molecule has 0 unspecified atom stereocenters. The van der Waals surface area contributed by atoms with Crippen LogP contribution in [0, 0.1) is 0 Å². The highest BCUT2D eigenvalue weighted by atomic mass is 16.3. The summed E-state index contributed by atoms with van der Waals surface area (Å²) in [5, 5.41) is 9.43. The molecule has 4 N–H and O–H groups in total. The summed E-state index contributed by atoms with van der Waals surface area (Å²) in [5.74, 6) is 1.02. The molecule has 1 atom stereocenters. The predicted octanol–water partition coefficient (Wildman–Crippen LogP) is 0.774. The summed E-state index contributed by atoms with van der Waals surface area (Å²) in [5.41, 5.74) is 8.54. The van der Waals surface area contributed by atoms with Gasteiger partial charge in [-0.2, -0.15) is 9.97 Å². The molecule has 1 aliphatic rings. The summed E-state index contributed by atoms with van der Waals surface area (Å²) in [6, 6.07) is 0.272. The van der Waals surface area contributed by atoms with Crippen molar-refractivity contribution in [3.63, 3.8) is 0 Å². The Labute approximate surface area is 141 Å². The van der Waals surface area contributed by atoms with Crippen molar-refractivity contribution in [2.24, 2.45) is 0 Å². The number of H-pyrrole nitrogens is 1. The van der Waals surface area contributed by atoms with Crippen LogP contribution in [0.4, 0.5) is 11.8 Å². The number of fused-ring (bicyclic) bond motifs is 1. The minimum absolute atomic E-state index is 0.176. The van der Waals surface area contributed by atoms with Gasteiger partial charge in [-0.3, -0.25) is 4.90 Å². The third-order valence-electron chi connectivity index (χ3n) is 4.38. The van der Waals surface area contributed by atoms with E-state index >= 15 is 0 Å². The Bertz CT molecular complexity index is 722. The topological polar surface area (TPSA) is 107 Å². The SMILES string of the molecule is CC(C)=CCN1CCN(c2nc(N)nc3nc[nH]c23)C[C@@H]1CCO. The molecule has 130 valence electrons. The Kier molecular flexibility index (Phi) is 4.96. The van der Waals surface area contributed by atoms with Crippen molar-refractivity contribution < 1.29 is 5.11 Å². The third-order valence-corrected chi connectivity index (χ3v) is 4.38. The van der Waals surface area contributed by atoms with Crippen LogP contribution in [0.1, 0.15) is 20.3 Å². The largest absolute Gasteiger partial charge is 0.396 e. The number of rotatable bonds is 5. The number of aromatic amines is 1. The molecule has 2 aromatic rings. The quantitative estimate of drug-likeness (QED) is 0.695. The first-order valence-corrected chi connectivity index (χ1v) is 8.28. The maximum absolute atomic E-state index is 9.43. The lowest BCUT2D eigenvalue weighted by Gasteiger charge is -2.41. The van der Waals surface area contributed by atoms with Gasteiger partial charge in [0.2, 0.25) is 5.95 Å². The van der Waals surface area contributed by atoms with Gasteiger partial charge in [0.1, 0.15) is 5.52 Å². The van der Waals surface area contributed by atoms with Crippen LogP contribution in [0.3, 0.4) is 0 Å². The van der Waals surface area contributed by atoms with Crippen LogP contribution < -0.4 is 10.6 Å². The molecule has 24 heavy (non-hydrogen) atoms. The maximum Gasteiger partial charge on any atom is 0.224 e. The average Bonchev–Trinajstić information content (AvgIpc) is 3.01. The Morgan fingerprint density at radius 1 is 1.42 bits per heavy atom. The van der Waals surface area contributed by atoms with E-state index in [1.165, 1.54) is 5.57 Å². The van der Waals surface area contributed by atoms with E-state index in [1.54, 1.807) is 6.33 Å². The molecule has 0 aliphatic carbocycles. The van der Waals surface area contributed by atoms with Crippen LogP contribution >= 0.6 is 0 Å². The summed E-state index contributed by atoms with van der Waals surface area (Å²) >= 11 is 0. The Balaban J connectivity index is 1.83. The molecule has 1 fully saturated rings. The summed E-state index contributed by atoms with van der Waals surface area (Å²) < 4.78 is 0. The van der Waals surface area contributed by atoms with Crippen LogP contribution in [-0.4, -0.2) is 68.8 Å². The number of anilines is 2. The highest BCUT2D eigenvalue weighted by Crippen LogP contribution is 2.25. The number of nitrogens with two attached hydrogens (primary N) is 1. The summed E-state index contributed by atoms with van der Waals surface area (Å²) in [6.07, 6.45) is 4.58. The first-order chi connectivity index (χ1) is 11.6. The fourth-order valence-electron chi connectivity index (χ4n) is 3.11. The highest BCUT2D eigenvalue weighted by molar-refractivity contribution is 5.84. The number of piperazine rings is 1. The fraction of sp³-hybridized carbons (Fsp3) is 0.562. The molecular weight excluding hydrogens is 306 g/mol. The van der Waals surface area contributed by atoms with Gasteiger partial charge >= 0.3 is 0 Å². The Morgan fingerprint density at radius 3 is 3.00 bits per heavy atom. The summed E-state index contributed by atoms with van der Waals surface area (Å²) in [7, 11) is 0. The Hall–Kier alpha value is -2.19. The molecule has 3 rings (SSSR count). The van der Waals surface area contributed by atoms with Crippen LogP contribution in [0.25, 0.3) is 11.2 Å². The Morgan fingerprint density at radius 2 is 2.25 bits per heavy atom. The van der Waals surface area contributed by atoms with Gasteiger partial charge in [0.15, 0.2) is 11.5 Å². The van der Waals surface area contributed by atoms with Gasteiger partial charge in [0, 0.05) is 38.8 Å². The molecule has 0 bridgehead atoms. The molecule has 8 heteroatoms. The number of aromatic nitrogens is 4. The zero-order valence-electron chi connectivity index (χ0n) is 14.2. The van der Waals surface area contributed by atoms with Crippen molar-refractivity contribution in [2.75, 3.05) is 43.4 Å². The fourth-order valence-corrected chi connectivity index (χ4v) is 3.11. The summed E-state index contributed by atoms with van der Waals surface area (Å²) in [4.78, 5) is 20.5. The lowest BCUT2D eigenvalue weighted by molar-refractivity contribution is 0.155. The zero-order chi connectivity index (χ0) is 17.1. The van der Waals surface area contributed by atoms with E-state index in [0.29, 0.717) is 5.65 Å². The third kappa shape index (κ3) is 3.49. The number of imidazole rings is 1. The molecule has 0 saturated carbocycles. The smallest absolute Gasteiger partial charge is 0.224 e. The summed E-state index contributed by atoms with van der Waals surface area (Å²) in [6.45, 7) is 7.85. The molecular formula is C16H25N7O. The van der Waals surface area contributed by atoms with Gasteiger partial charge in [0.25, 0.3) is 0 Å². The molecule has 8 nitrogen and oxygen atoms in total. The van der Waals surface area contributed by atoms with Crippen LogP contribution in [-0.2, 0) is 0 Å². The number of aliphatic hydroxyl groups is 1. The second-order valence-corrected chi connectivity index (χ2v) is 6.40. The van der Waals surface area contributed by atoms with E-state index in [9.17, 15) is 5.11 Å². The van der Waals surface area contributed by atoms with Crippen molar-refractivity contribution in [1.29, 1.82) is 0 Å². The predicted molar refractivity (Wildman–Crippen MR) is 94.8 cm³/mol. The van der Waals surface area contributed by atoms with Crippen molar-refractivity contribution >= 4 is 22.9 Å². The number of allylic oxidation sites excluding steroid dienone is 1. The second kappa shape index (κ2) is 7.14. The van der Waals surface area contributed by atoms with Gasteiger partial charge in [-0.1, -0.05) is 11.6 Å². The molecule has 0 spiro atoms. The van der Waals surface area contributed by atoms with E-state index in [4.69, 9.17) is 5.73 Å². The van der Waals surface area contributed by atoms with Gasteiger partial charge in [-0.15, -0.1) is 0 Å². The minimum Gasteiger partial charge on any atom is -0.396 e. The van der Waals surface area contributed by atoms with E-state index < -0.39 is 0 Å². The molecule has 1 aliphatic heterocycles. The average molecular weight is 331 g/mol. The number of hydrogen-bond donors (Lipinski definition) is 3. The van der Waals surface area contributed by atoms with Gasteiger partial charge in [0.05, 0.1) is 6.33 Å². The van der Waals surface area contributed by atoms with E-state index in [2.05, 4.69) is 49.7 Å². The normalized spacial score (nSPS) is 19.0. The number of aliphatic hydroxyl groups excluding tert-OH is 1. The molecule has 1 saturated heterocycles. The van der Waals surface area contributed by atoms with Crippen LogP contribution in [0.5, 0.6) is 0 Å². The van der Waals surface area contributed by atoms with Crippen molar-refractivity contribution in [1.82, 2.24) is 24.8 Å². The van der Waals surface area contributed by atoms with E-state index in [-0.39, 0.29) is 18.6 Å². The highest BCUT2D eigenvalue weighted by Gasteiger charge is 2.28. The standard InChI is InChI=1S/C16H25N7O/c1-11(2)3-5-22-6-7-23(9-12(22)4-8-24)15-13-14(19-10-18-13)20-16(17)21-15/h3,10,12,24H,4-9H2,1-2H3,(H3,17,18,19,20,21)/t12-/m0/s1. The lowest BCUT2D eigenvalue weighted by atomic mass is 10.1. The van der Waals surface area contributed by atoms with E-state index in [0.717, 1.165) is 43.9 Å². The maximum atomic E-state index is 9.43. The molecule has 0 radical (unpaired) electrons. The van der Waals surface area contributed by atoms with Crippen molar-refractivity contribution in [3.05, 3.63) is 18.0 Å². The number of hydrogen-bond acceptors (Lipinski definition) is 7. The second-order valence-electron chi connectivity index (χ2n) is 6.40. The molecule has 2 aromatic heterocycles. The monoisotopic (exact) mass is 331 g/mol. The van der Waals surface area contributed by atoms with Crippen molar-refractivity contribution in [3.8, 4) is 0 Å². The van der Waals surface area contributed by atoms with Crippen LogP contribution in [0.2, 0.25) is 0 Å². The zero-order valence-corrected chi connectivity index (χ0v) is 14.2. The number of nitrogens with one attached hydrogen (secondary N) is 1. The lowest BCUT2D eigenvalue weighted by Crippen LogP contribution is -2.53.